The van der Waals surface area contributed by atoms with Crippen molar-refractivity contribution in [1.82, 2.24) is 5.32 Å². The molecule has 27 heavy (non-hydrogen) atoms. The molecule has 0 bridgehead atoms. The fourth-order valence-electron chi connectivity index (χ4n) is 2.97. The minimum Gasteiger partial charge on any atom is -0.350 e. The second-order valence-corrected chi connectivity index (χ2v) is 8.72. The fourth-order valence-corrected chi connectivity index (χ4v) is 4.37. The van der Waals surface area contributed by atoms with Crippen LogP contribution in [0.15, 0.2) is 41.3 Å². The molecule has 1 amide bonds. The molecular formula is C21H28N2O3S. The van der Waals surface area contributed by atoms with Crippen LogP contribution < -0.4 is 10.0 Å². The predicted octanol–water partition coefficient (Wildman–Crippen LogP) is 4.33. The van der Waals surface area contributed by atoms with Gasteiger partial charge in [-0.05, 0) is 63.4 Å². The van der Waals surface area contributed by atoms with Crippen LogP contribution in [-0.4, -0.2) is 20.4 Å². The van der Waals surface area contributed by atoms with E-state index < -0.39 is 10.0 Å². The maximum Gasteiger partial charge on any atom is 0.262 e. The van der Waals surface area contributed by atoms with Crippen LogP contribution in [0.3, 0.4) is 0 Å². The lowest BCUT2D eigenvalue weighted by atomic mass is 10.1. The first kappa shape index (κ1) is 21.0. The molecule has 0 aliphatic carbocycles. The molecule has 6 heteroatoms. The van der Waals surface area contributed by atoms with E-state index in [1.54, 1.807) is 25.1 Å². The molecule has 5 nitrogen and oxygen atoms in total. The summed E-state index contributed by atoms with van der Waals surface area (Å²) in [6.45, 7) is 9.53. The molecule has 2 rings (SSSR count). The molecule has 2 N–H and O–H groups in total. The van der Waals surface area contributed by atoms with E-state index in [2.05, 4.69) is 17.0 Å². The molecule has 0 aromatic heterocycles. The molecule has 0 aliphatic rings. The van der Waals surface area contributed by atoms with E-state index >= 15 is 0 Å². The Bertz CT molecular complexity index is 936. The van der Waals surface area contributed by atoms with Gasteiger partial charge in [0.05, 0.1) is 10.6 Å². The summed E-state index contributed by atoms with van der Waals surface area (Å²) in [6, 6.07) is 10.3. The van der Waals surface area contributed by atoms with E-state index in [0.29, 0.717) is 16.8 Å². The minimum absolute atomic E-state index is 0.0391. The van der Waals surface area contributed by atoms with E-state index in [9.17, 15) is 13.2 Å². The quantitative estimate of drug-likeness (QED) is 0.741. The van der Waals surface area contributed by atoms with E-state index in [1.165, 1.54) is 6.07 Å². The Hall–Kier alpha value is -2.34. The molecular weight excluding hydrogens is 360 g/mol. The third-order valence-electron chi connectivity index (χ3n) is 4.47. The number of anilines is 1. The highest BCUT2D eigenvalue weighted by Gasteiger charge is 2.20. The van der Waals surface area contributed by atoms with Gasteiger partial charge in [0.2, 0.25) is 0 Å². The summed E-state index contributed by atoms with van der Waals surface area (Å²) >= 11 is 0. The van der Waals surface area contributed by atoms with E-state index in [1.807, 2.05) is 32.9 Å². The molecule has 0 saturated heterocycles. The number of rotatable bonds is 7. The standard InChI is InChI=1S/C21H28N2O3S/c1-6-7-17(5)22-21(24)18-10-9-15(3)20(13-18)27(25,26)23-19-11-8-14(2)12-16(19)4/h8-13,17,23H,6-7H2,1-5H3,(H,22,24)/t17-/m1/s1. The van der Waals surface area contributed by atoms with Gasteiger partial charge in [0.1, 0.15) is 0 Å². The average Bonchev–Trinajstić information content (AvgIpc) is 2.57. The Labute approximate surface area is 162 Å². The molecule has 0 unspecified atom stereocenters. The third kappa shape index (κ3) is 5.32. The summed E-state index contributed by atoms with van der Waals surface area (Å²) in [7, 11) is -3.80. The van der Waals surface area contributed by atoms with Crippen LogP contribution in [0.1, 0.15) is 53.7 Å². The molecule has 0 aliphatic heterocycles. The highest BCUT2D eigenvalue weighted by Crippen LogP contribution is 2.23. The predicted molar refractivity (Wildman–Crippen MR) is 110 cm³/mol. The Balaban J connectivity index is 2.32. The Morgan fingerprint density at radius 1 is 1.04 bits per heavy atom. The summed E-state index contributed by atoms with van der Waals surface area (Å²) in [6.07, 6.45) is 1.84. The Kier molecular flexibility index (Phi) is 6.65. The second kappa shape index (κ2) is 8.57. The second-order valence-electron chi connectivity index (χ2n) is 7.07. The van der Waals surface area contributed by atoms with Crippen LogP contribution in [0, 0.1) is 20.8 Å². The van der Waals surface area contributed by atoms with Crippen molar-refractivity contribution < 1.29 is 13.2 Å². The summed E-state index contributed by atoms with van der Waals surface area (Å²) in [4.78, 5) is 12.6. The molecule has 0 saturated carbocycles. The van der Waals surface area contributed by atoms with Crippen molar-refractivity contribution in [1.29, 1.82) is 0 Å². The van der Waals surface area contributed by atoms with E-state index in [0.717, 1.165) is 24.0 Å². The number of sulfonamides is 1. The maximum atomic E-state index is 12.9. The zero-order valence-electron chi connectivity index (χ0n) is 16.6. The number of hydrogen-bond acceptors (Lipinski definition) is 3. The zero-order chi connectivity index (χ0) is 20.2. The van der Waals surface area contributed by atoms with Crippen LogP contribution >= 0.6 is 0 Å². The number of aryl methyl sites for hydroxylation is 3. The van der Waals surface area contributed by atoms with Crippen LogP contribution in [0.25, 0.3) is 0 Å². The fraction of sp³-hybridized carbons (Fsp3) is 0.381. The van der Waals surface area contributed by atoms with Gasteiger partial charge in [0, 0.05) is 11.6 Å². The first-order valence-electron chi connectivity index (χ1n) is 9.15. The Morgan fingerprint density at radius 3 is 2.37 bits per heavy atom. The highest BCUT2D eigenvalue weighted by molar-refractivity contribution is 7.92. The minimum atomic E-state index is -3.80. The lowest BCUT2D eigenvalue weighted by molar-refractivity contribution is 0.0938. The first-order chi connectivity index (χ1) is 12.6. The van der Waals surface area contributed by atoms with Gasteiger partial charge in [0.25, 0.3) is 15.9 Å². The zero-order valence-corrected chi connectivity index (χ0v) is 17.4. The van der Waals surface area contributed by atoms with Crippen molar-refractivity contribution >= 4 is 21.6 Å². The van der Waals surface area contributed by atoms with E-state index in [-0.39, 0.29) is 16.8 Å². The van der Waals surface area contributed by atoms with E-state index in [4.69, 9.17) is 0 Å². The largest absolute Gasteiger partial charge is 0.350 e. The molecule has 0 spiro atoms. The molecule has 0 fully saturated rings. The molecule has 2 aromatic rings. The summed E-state index contributed by atoms with van der Waals surface area (Å²) in [5, 5.41) is 2.91. The van der Waals surface area contributed by atoms with Gasteiger partial charge in [-0.2, -0.15) is 0 Å². The monoisotopic (exact) mass is 388 g/mol. The number of amides is 1. The SMILES string of the molecule is CCC[C@@H](C)NC(=O)c1ccc(C)c(S(=O)(=O)Nc2ccc(C)cc2C)c1. The van der Waals surface area contributed by atoms with Crippen LogP contribution in [0.5, 0.6) is 0 Å². The molecule has 146 valence electrons. The van der Waals surface area contributed by atoms with Crippen molar-refractivity contribution in [3.05, 3.63) is 58.7 Å². The van der Waals surface area contributed by atoms with Gasteiger partial charge >= 0.3 is 0 Å². The topological polar surface area (TPSA) is 75.3 Å². The van der Waals surface area contributed by atoms with Gasteiger partial charge < -0.3 is 5.32 Å². The maximum absolute atomic E-state index is 12.9. The number of carbonyl (C=O) groups is 1. The Morgan fingerprint density at radius 2 is 1.74 bits per heavy atom. The normalized spacial score (nSPS) is 12.5. The van der Waals surface area contributed by atoms with Crippen molar-refractivity contribution in [3.8, 4) is 0 Å². The summed E-state index contributed by atoms with van der Waals surface area (Å²) in [5.41, 5.74) is 3.37. The summed E-state index contributed by atoms with van der Waals surface area (Å²) < 4.78 is 28.5. The highest BCUT2D eigenvalue weighted by atomic mass is 32.2. The van der Waals surface area contributed by atoms with Gasteiger partial charge in [-0.25, -0.2) is 8.42 Å². The van der Waals surface area contributed by atoms with Crippen molar-refractivity contribution in [3.63, 3.8) is 0 Å². The number of carbonyl (C=O) groups excluding carboxylic acids is 1. The van der Waals surface area contributed by atoms with Gasteiger partial charge in [-0.3, -0.25) is 9.52 Å². The number of hydrogen-bond donors (Lipinski definition) is 2. The average molecular weight is 389 g/mol. The van der Waals surface area contributed by atoms with Crippen molar-refractivity contribution in [2.75, 3.05) is 4.72 Å². The van der Waals surface area contributed by atoms with Crippen LogP contribution in [0.2, 0.25) is 0 Å². The number of nitrogens with one attached hydrogen (secondary N) is 2. The molecule has 0 heterocycles. The van der Waals surface area contributed by atoms with Gasteiger partial charge in [0.15, 0.2) is 0 Å². The molecule has 1 atom stereocenters. The summed E-state index contributed by atoms with van der Waals surface area (Å²) in [5.74, 6) is -0.265. The van der Waals surface area contributed by atoms with Crippen molar-refractivity contribution in [2.24, 2.45) is 0 Å². The third-order valence-corrected chi connectivity index (χ3v) is 5.97. The molecule has 2 aromatic carbocycles. The smallest absolute Gasteiger partial charge is 0.262 e. The van der Waals surface area contributed by atoms with Crippen LogP contribution in [0.4, 0.5) is 5.69 Å². The molecule has 0 radical (unpaired) electrons. The first-order valence-corrected chi connectivity index (χ1v) is 10.6. The van der Waals surface area contributed by atoms with Gasteiger partial charge in [-0.1, -0.05) is 37.1 Å². The van der Waals surface area contributed by atoms with Crippen molar-refractivity contribution in [2.45, 2.75) is 58.4 Å². The lowest BCUT2D eigenvalue weighted by Crippen LogP contribution is -2.32. The van der Waals surface area contributed by atoms with Gasteiger partial charge in [-0.15, -0.1) is 0 Å². The lowest BCUT2D eigenvalue weighted by Gasteiger charge is -2.15. The van der Waals surface area contributed by atoms with Crippen LogP contribution in [-0.2, 0) is 10.0 Å². The number of benzene rings is 2.